The molecule has 2 atom stereocenters. The van der Waals surface area contributed by atoms with Gasteiger partial charge in [0.1, 0.15) is 6.04 Å². The first-order valence-corrected chi connectivity index (χ1v) is 5.28. The van der Waals surface area contributed by atoms with Crippen LogP contribution in [0.2, 0.25) is 0 Å². The molecule has 3 nitrogen and oxygen atoms in total. The molecule has 0 aliphatic carbocycles. The molecule has 0 saturated carbocycles. The van der Waals surface area contributed by atoms with Gasteiger partial charge in [0.25, 0.3) is 0 Å². The van der Waals surface area contributed by atoms with E-state index in [0.717, 1.165) is 6.42 Å². The number of hydrogen-bond donors (Lipinski definition) is 1. The highest BCUT2D eigenvalue weighted by atomic mass is 16.5. The number of rotatable bonds is 4. The first-order valence-electron chi connectivity index (χ1n) is 5.28. The van der Waals surface area contributed by atoms with Crippen molar-refractivity contribution < 1.29 is 9.53 Å². The fourth-order valence-electron chi connectivity index (χ4n) is 1.68. The third-order valence-electron chi connectivity index (χ3n) is 2.53. The van der Waals surface area contributed by atoms with E-state index >= 15 is 0 Å². The van der Waals surface area contributed by atoms with E-state index in [1.807, 2.05) is 25.1 Å². The number of carbonyl (C=O) groups excluding carboxylic acids is 1. The zero-order valence-corrected chi connectivity index (χ0v) is 8.77. The maximum absolute atomic E-state index is 11.3. The molecule has 1 aromatic carbocycles. The van der Waals surface area contributed by atoms with Crippen molar-refractivity contribution in [1.29, 1.82) is 0 Å². The molecule has 2 rings (SSSR count). The quantitative estimate of drug-likeness (QED) is 0.592. The Bertz CT molecular complexity index is 337. The van der Waals surface area contributed by atoms with Crippen LogP contribution >= 0.6 is 0 Å². The van der Waals surface area contributed by atoms with E-state index in [2.05, 4.69) is 17.4 Å². The summed E-state index contributed by atoms with van der Waals surface area (Å²) < 4.78 is 4.93. The summed E-state index contributed by atoms with van der Waals surface area (Å²) in [6, 6.07) is 10.3. The molecule has 1 saturated heterocycles. The van der Waals surface area contributed by atoms with E-state index in [1.165, 1.54) is 5.56 Å². The summed E-state index contributed by atoms with van der Waals surface area (Å²) in [5, 5.41) is 3.13. The van der Waals surface area contributed by atoms with Gasteiger partial charge < -0.3 is 4.74 Å². The summed E-state index contributed by atoms with van der Waals surface area (Å²) in [5.74, 6) is -0.126. The fourth-order valence-corrected chi connectivity index (χ4v) is 1.68. The highest BCUT2D eigenvalue weighted by Crippen LogP contribution is 2.17. The summed E-state index contributed by atoms with van der Waals surface area (Å²) >= 11 is 0. The lowest BCUT2D eigenvalue weighted by Gasteiger charge is -1.99. The summed E-state index contributed by atoms with van der Waals surface area (Å²) in [6.07, 6.45) is 0.893. The van der Waals surface area contributed by atoms with Gasteiger partial charge in [-0.05, 0) is 18.9 Å². The topological polar surface area (TPSA) is 48.2 Å². The lowest BCUT2D eigenvalue weighted by Crippen LogP contribution is -2.15. The van der Waals surface area contributed by atoms with E-state index in [4.69, 9.17) is 4.74 Å². The van der Waals surface area contributed by atoms with E-state index in [-0.39, 0.29) is 18.1 Å². The van der Waals surface area contributed by atoms with E-state index in [1.54, 1.807) is 0 Å². The van der Waals surface area contributed by atoms with Gasteiger partial charge in [-0.25, -0.2) is 0 Å². The summed E-state index contributed by atoms with van der Waals surface area (Å²) in [5.41, 5.74) is 1.25. The van der Waals surface area contributed by atoms with Crippen LogP contribution in [-0.4, -0.2) is 24.7 Å². The monoisotopic (exact) mass is 205 g/mol. The Morgan fingerprint density at radius 3 is 2.80 bits per heavy atom. The van der Waals surface area contributed by atoms with Crippen LogP contribution in [0.3, 0.4) is 0 Å². The Balaban J connectivity index is 1.83. The maximum atomic E-state index is 11.3. The van der Waals surface area contributed by atoms with E-state index in [9.17, 15) is 4.79 Å². The van der Waals surface area contributed by atoms with Crippen molar-refractivity contribution in [2.45, 2.75) is 25.4 Å². The molecule has 80 valence electrons. The van der Waals surface area contributed by atoms with Crippen molar-refractivity contribution in [3.8, 4) is 0 Å². The molecule has 1 aliphatic rings. The van der Waals surface area contributed by atoms with Gasteiger partial charge in [0.05, 0.1) is 6.61 Å². The maximum Gasteiger partial charge on any atom is 0.324 e. The summed E-state index contributed by atoms with van der Waals surface area (Å²) in [4.78, 5) is 11.3. The van der Waals surface area contributed by atoms with E-state index < -0.39 is 0 Å². The molecule has 1 aromatic rings. The number of hydrogen-bond acceptors (Lipinski definition) is 3. The molecule has 0 radical (unpaired) electrons. The minimum absolute atomic E-state index is 0.0924. The van der Waals surface area contributed by atoms with Gasteiger partial charge >= 0.3 is 5.97 Å². The van der Waals surface area contributed by atoms with Gasteiger partial charge in [-0.15, -0.1) is 0 Å². The molecular weight excluding hydrogens is 190 g/mol. The zero-order chi connectivity index (χ0) is 10.7. The van der Waals surface area contributed by atoms with Crippen LogP contribution in [0.4, 0.5) is 0 Å². The molecule has 0 amide bonds. The van der Waals surface area contributed by atoms with Crippen molar-refractivity contribution >= 4 is 5.97 Å². The first-order chi connectivity index (χ1) is 7.31. The first kappa shape index (κ1) is 10.2. The molecule has 1 fully saturated rings. The third-order valence-corrected chi connectivity index (χ3v) is 2.53. The van der Waals surface area contributed by atoms with Gasteiger partial charge in [-0.2, -0.15) is 0 Å². The Labute approximate surface area is 89.4 Å². The van der Waals surface area contributed by atoms with Crippen LogP contribution < -0.4 is 5.32 Å². The molecule has 0 spiro atoms. The van der Waals surface area contributed by atoms with Crippen LogP contribution in [0.5, 0.6) is 0 Å². The molecule has 1 heterocycles. The minimum Gasteiger partial charge on any atom is -0.465 e. The summed E-state index contributed by atoms with van der Waals surface area (Å²) in [6.45, 7) is 2.28. The normalized spacial score (nSPS) is 23.5. The van der Waals surface area contributed by atoms with Crippen molar-refractivity contribution in [2.75, 3.05) is 6.61 Å². The van der Waals surface area contributed by atoms with E-state index in [0.29, 0.717) is 6.61 Å². The second-order valence-corrected chi connectivity index (χ2v) is 3.69. The molecule has 15 heavy (non-hydrogen) atoms. The molecular formula is C12H15NO2. The minimum atomic E-state index is -0.126. The van der Waals surface area contributed by atoms with Crippen molar-refractivity contribution in [3.63, 3.8) is 0 Å². The second-order valence-electron chi connectivity index (χ2n) is 3.69. The fraction of sp³-hybridized carbons (Fsp3) is 0.417. The smallest absolute Gasteiger partial charge is 0.324 e. The predicted molar refractivity (Wildman–Crippen MR) is 57.5 cm³/mol. The average molecular weight is 205 g/mol. The lowest BCUT2D eigenvalue weighted by molar-refractivity contribution is -0.142. The highest BCUT2D eigenvalue weighted by Gasteiger charge is 2.43. The van der Waals surface area contributed by atoms with Gasteiger partial charge in [0.15, 0.2) is 0 Å². The average Bonchev–Trinajstić information content (AvgIpc) is 2.99. The Kier molecular flexibility index (Phi) is 3.02. The number of carbonyl (C=O) groups is 1. The van der Waals surface area contributed by atoms with Crippen LogP contribution in [0.1, 0.15) is 12.5 Å². The van der Waals surface area contributed by atoms with Crippen molar-refractivity contribution in [2.24, 2.45) is 0 Å². The second kappa shape index (κ2) is 4.45. The number of benzene rings is 1. The largest absolute Gasteiger partial charge is 0.465 e. The van der Waals surface area contributed by atoms with Crippen LogP contribution in [0.15, 0.2) is 30.3 Å². The summed E-state index contributed by atoms with van der Waals surface area (Å²) in [7, 11) is 0. The number of nitrogens with one attached hydrogen (secondary N) is 1. The Hall–Kier alpha value is -1.35. The molecule has 1 N–H and O–H groups in total. The standard InChI is InChI=1S/C12H15NO2/c1-2-15-12(14)11-10(13-11)8-9-6-4-3-5-7-9/h3-7,10-11,13H,2,8H2,1H3/t10-,11-/m0/s1. The Morgan fingerprint density at radius 1 is 1.40 bits per heavy atom. The zero-order valence-electron chi connectivity index (χ0n) is 8.77. The van der Waals surface area contributed by atoms with Gasteiger partial charge in [0.2, 0.25) is 0 Å². The molecule has 0 unspecified atom stereocenters. The number of ether oxygens (including phenoxy) is 1. The third kappa shape index (κ3) is 2.57. The van der Waals surface area contributed by atoms with Gasteiger partial charge in [0, 0.05) is 6.04 Å². The molecule has 1 aliphatic heterocycles. The van der Waals surface area contributed by atoms with Crippen LogP contribution in [0, 0.1) is 0 Å². The number of esters is 1. The highest BCUT2D eigenvalue weighted by molar-refractivity contribution is 5.80. The predicted octanol–water partition coefficient (Wildman–Crippen LogP) is 1.13. The van der Waals surface area contributed by atoms with Gasteiger partial charge in [-0.3, -0.25) is 10.1 Å². The lowest BCUT2D eigenvalue weighted by atomic mass is 10.1. The van der Waals surface area contributed by atoms with Crippen LogP contribution in [0.25, 0.3) is 0 Å². The van der Waals surface area contributed by atoms with Gasteiger partial charge in [-0.1, -0.05) is 30.3 Å². The molecule has 0 aromatic heterocycles. The van der Waals surface area contributed by atoms with Crippen molar-refractivity contribution in [3.05, 3.63) is 35.9 Å². The van der Waals surface area contributed by atoms with Crippen molar-refractivity contribution in [1.82, 2.24) is 5.32 Å². The Morgan fingerprint density at radius 2 is 2.13 bits per heavy atom. The molecule has 0 bridgehead atoms. The SMILES string of the molecule is CCOC(=O)[C@H]1N[C@H]1Cc1ccccc1. The molecule has 3 heteroatoms. The van der Waals surface area contributed by atoms with Crippen LogP contribution in [-0.2, 0) is 16.0 Å².